The van der Waals surface area contributed by atoms with Gasteiger partial charge in [-0.2, -0.15) is 0 Å². The molecule has 0 aromatic heterocycles. The van der Waals surface area contributed by atoms with Gasteiger partial charge in [-0.15, -0.1) is 18.3 Å². The molecule has 1 aromatic carbocycles. The molecule has 8 heteroatoms. The summed E-state index contributed by atoms with van der Waals surface area (Å²) in [5.74, 6) is -2.04. The number of likely N-dealkylation sites (N-methyl/N-ethyl adjacent to an activating group) is 1. The monoisotopic (exact) mass is 463 g/mol. The second kappa shape index (κ2) is 13.3. The number of amides is 3. The second-order valence-electron chi connectivity index (χ2n) is 8.78. The van der Waals surface area contributed by atoms with Crippen LogP contribution in [0.1, 0.15) is 46.1 Å². The number of benzene rings is 1. The number of hydrogen-bond donors (Lipinski definition) is 4. The molecule has 0 bridgehead atoms. The standard InChI is InChI=1S/C24H37N3O4S/c1-7-11-18(22(29)27-31)19(14-16(2)3)21(28)26-20(23(30)25-6)24(4,5)32-15-17-12-9-8-10-13-17/h7-10,12-13,16,18-20,31H,1,11,14-15H2,2-6H3,(H,25,30)(H,26,28)(H,27,29). The van der Waals surface area contributed by atoms with Crippen molar-refractivity contribution < 1.29 is 19.6 Å². The minimum atomic E-state index is -0.815. The highest BCUT2D eigenvalue weighted by Crippen LogP contribution is 2.33. The maximum atomic E-state index is 13.4. The van der Waals surface area contributed by atoms with Gasteiger partial charge in [-0.25, -0.2) is 5.48 Å². The summed E-state index contributed by atoms with van der Waals surface area (Å²) >= 11 is 1.57. The third kappa shape index (κ3) is 8.31. The van der Waals surface area contributed by atoms with Crippen molar-refractivity contribution in [2.45, 2.75) is 57.1 Å². The van der Waals surface area contributed by atoms with Crippen molar-refractivity contribution in [3.63, 3.8) is 0 Å². The van der Waals surface area contributed by atoms with E-state index < -0.39 is 34.4 Å². The fraction of sp³-hybridized carbons (Fsp3) is 0.542. The summed E-state index contributed by atoms with van der Waals surface area (Å²) in [7, 11) is 1.53. The molecule has 0 spiro atoms. The zero-order valence-corrected chi connectivity index (χ0v) is 20.5. The molecule has 4 N–H and O–H groups in total. The zero-order valence-electron chi connectivity index (χ0n) is 19.7. The lowest BCUT2D eigenvalue weighted by Gasteiger charge is -2.35. The Morgan fingerprint density at radius 1 is 1.09 bits per heavy atom. The third-order valence-corrected chi connectivity index (χ3v) is 6.82. The lowest BCUT2D eigenvalue weighted by molar-refractivity contribution is -0.141. The number of carbonyl (C=O) groups excluding carboxylic acids is 3. The van der Waals surface area contributed by atoms with Gasteiger partial charge in [-0.05, 0) is 38.2 Å². The molecule has 0 radical (unpaired) electrons. The molecule has 32 heavy (non-hydrogen) atoms. The Bertz CT molecular complexity index is 768. The van der Waals surface area contributed by atoms with Crippen LogP contribution < -0.4 is 16.1 Å². The van der Waals surface area contributed by atoms with E-state index in [0.717, 1.165) is 5.56 Å². The molecule has 0 aliphatic heterocycles. The van der Waals surface area contributed by atoms with Crippen molar-refractivity contribution in [2.75, 3.05) is 7.05 Å². The third-order valence-electron chi connectivity index (χ3n) is 5.36. The van der Waals surface area contributed by atoms with Crippen LogP contribution in [0.5, 0.6) is 0 Å². The first-order valence-corrected chi connectivity index (χ1v) is 11.8. The van der Waals surface area contributed by atoms with Crippen LogP contribution in [-0.2, 0) is 20.1 Å². The molecule has 3 atom stereocenters. The highest BCUT2D eigenvalue weighted by Gasteiger charge is 2.40. The number of thioether (sulfide) groups is 1. The van der Waals surface area contributed by atoms with Gasteiger partial charge in [0.2, 0.25) is 17.7 Å². The van der Waals surface area contributed by atoms with E-state index >= 15 is 0 Å². The van der Waals surface area contributed by atoms with Gasteiger partial charge in [0.25, 0.3) is 0 Å². The Labute approximate surface area is 195 Å². The molecule has 178 valence electrons. The number of hydrogen-bond acceptors (Lipinski definition) is 5. The number of allylic oxidation sites excluding steroid dienone is 1. The van der Waals surface area contributed by atoms with E-state index in [1.807, 2.05) is 58.0 Å². The van der Waals surface area contributed by atoms with Gasteiger partial charge in [0.05, 0.1) is 11.8 Å². The second-order valence-corrected chi connectivity index (χ2v) is 10.4. The average molecular weight is 464 g/mol. The zero-order chi connectivity index (χ0) is 24.3. The SMILES string of the molecule is C=CCC(C(=O)NO)C(CC(C)C)C(=O)NC(C(=O)NC)C(C)(C)SCc1ccccc1. The maximum Gasteiger partial charge on any atom is 0.247 e. The molecular weight excluding hydrogens is 426 g/mol. The molecule has 1 aromatic rings. The Morgan fingerprint density at radius 2 is 1.72 bits per heavy atom. The lowest BCUT2D eigenvalue weighted by Crippen LogP contribution is -2.58. The van der Waals surface area contributed by atoms with Gasteiger partial charge in [0, 0.05) is 17.5 Å². The largest absolute Gasteiger partial charge is 0.357 e. The Kier molecular flexibility index (Phi) is 11.5. The van der Waals surface area contributed by atoms with E-state index in [4.69, 9.17) is 0 Å². The van der Waals surface area contributed by atoms with Crippen molar-refractivity contribution in [3.05, 3.63) is 48.6 Å². The van der Waals surface area contributed by atoms with E-state index in [0.29, 0.717) is 12.2 Å². The predicted molar refractivity (Wildman–Crippen MR) is 129 cm³/mol. The Morgan fingerprint density at radius 3 is 2.22 bits per heavy atom. The van der Waals surface area contributed by atoms with Crippen LogP contribution >= 0.6 is 11.8 Å². The molecule has 0 saturated carbocycles. The Balaban J connectivity index is 3.14. The highest BCUT2D eigenvalue weighted by molar-refractivity contribution is 7.99. The van der Waals surface area contributed by atoms with Gasteiger partial charge in [-0.1, -0.05) is 50.3 Å². The van der Waals surface area contributed by atoms with Crippen molar-refractivity contribution in [2.24, 2.45) is 17.8 Å². The number of carbonyl (C=O) groups is 3. The fourth-order valence-electron chi connectivity index (χ4n) is 3.55. The summed E-state index contributed by atoms with van der Waals surface area (Å²) in [6, 6.07) is 9.09. The van der Waals surface area contributed by atoms with Crippen LogP contribution in [0.2, 0.25) is 0 Å². The maximum absolute atomic E-state index is 13.4. The first-order valence-electron chi connectivity index (χ1n) is 10.8. The smallest absolute Gasteiger partial charge is 0.247 e. The van der Waals surface area contributed by atoms with Crippen molar-refractivity contribution in [3.8, 4) is 0 Å². The first-order chi connectivity index (χ1) is 15.1. The summed E-state index contributed by atoms with van der Waals surface area (Å²) in [4.78, 5) is 38.4. The summed E-state index contributed by atoms with van der Waals surface area (Å²) in [6.45, 7) is 11.4. The van der Waals surface area contributed by atoms with E-state index in [1.165, 1.54) is 7.05 Å². The van der Waals surface area contributed by atoms with Crippen LogP contribution in [0.15, 0.2) is 43.0 Å². The van der Waals surface area contributed by atoms with E-state index in [9.17, 15) is 19.6 Å². The van der Waals surface area contributed by atoms with Crippen LogP contribution in [0, 0.1) is 17.8 Å². The minimum Gasteiger partial charge on any atom is -0.357 e. The molecule has 7 nitrogen and oxygen atoms in total. The molecule has 0 aliphatic rings. The predicted octanol–water partition coefficient (Wildman–Crippen LogP) is 3.29. The highest BCUT2D eigenvalue weighted by atomic mass is 32.2. The molecule has 3 unspecified atom stereocenters. The summed E-state index contributed by atoms with van der Waals surface area (Å²) in [6.07, 6.45) is 2.21. The Hall–Kier alpha value is -2.32. The lowest BCUT2D eigenvalue weighted by atomic mass is 9.81. The summed E-state index contributed by atoms with van der Waals surface area (Å²) in [5, 5.41) is 14.7. The molecule has 3 amide bonds. The topological polar surface area (TPSA) is 108 Å². The van der Waals surface area contributed by atoms with Crippen LogP contribution in [-0.4, -0.2) is 40.8 Å². The van der Waals surface area contributed by atoms with Crippen molar-refractivity contribution in [1.82, 2.24) is 16.1 Å². The fourth-order valence-corrected chi connectivity index (χ4v) is 4.62. The number of hydroxylamine groups is 1. The van der Waals surface area contributed by atoms with Gasteiger partial charge < -0.3 is 10.6 Å². The van der Waals surface area contributed by atoms with Gasteiger partial charge in [-0.3, -0.25) is 19.6 Å². The molecule has 0 saturated heterocycles. The number of rotatable bonds is 13. The van der Waals surface area contributed by atoms with E-state index in [-0.39, 0.29) is 18.2 Å². The van der Waals surface area contributed by atoms with Gasteiger partial charge in [0.1, 0.15) is 6.04 Å². The molecule has 0 heterocycles. The van der Waals surface area contributed by atoms with Crippen LogP contribution in [0.25, 0.3) is 0 Å². The normalized spacial score (nSPS) is 14.2. The van der Waals surface area contributed by atoms with Crippen molar-refractivity contribution in [1.29, 1.82) is 0 Å². The molecule has 0 fully saturated rings. The van der Waals surface area contributed by atoms with E-state index in [2.05, 4.69) is 17.2 Å². The van der Waals surface area contributed by atoms with E-state index in [1.54, 1.807) is 23.3 Å². The van der Waals surface area contributed by atoms with Gasteiger partial charge >= 0.3 is 0 Å². The molecular formula is C24H37N3O4S. The quantitative estimate of drug-likeness (QED) is 0.204. The minimum absolute atomic E-state index is 0.128. The molecule has 0 aliphatic carbocycles. The first kappa shape index (κ1) is 27.7. The van der Waals surface area contributed by atoms with Crippen LogP contribution in [0.3, 0.4) is 0 Å². The molecule has 1 rings (SSSR count). The summed E-state index contributed by atoms with van der Waals surface area (Å²) < 4.78 is -0.624. The van der Waals surface area contributed by atoms with Crippen molar-refractivity contribution >= 4 is 29.5 Å². The van der Waals surface area contributed by atoms with Gasteiger partial charge in [0.15, 0.2) is 0 Å². The summed E-state index contributed by atoms with van der Waals surface area (Å²) in [5.41, 5.74) is 2.79. The van der Waals surface area contributed by atoms with Crippen LogP contribution in [0.4, 0.5) is 0 Å². The number of nitrogens with one attached hydrogen (secondary N) is 3. The average Bonchev–Trinajstić information content (AvgIpc) is 2.77.